The minimum Gasteiger partial charge on any atom is -0.381 e. The Morgan fingerprint density at radius 1 is 1.10 bits per heavy atom. The summed E-state index contributed by atoms with van der Waals surface area (Å²) < 4.78 is 55.3. The summed E-state index contributed by atoms with van der Waals surface area (Å²) in [5.41, 5.74) is 1.33. The van der Waals surface area contributed by atoms with Crippen LogP contribution in [0.25, 0.3) is 0 Å². The molecule has 2 saturated heterocycles. The zero-order valence-electron chi connectivity index (χ0n) is 21.3. The van der Waals surface area contributed by atoms with Crippen LogP contribution in [-0.2, 0) is 35.8 Å². The fraction of sp³-hybridized carbons (Fsp3) is 0.464. The Balaban J connectivity index is 1.19. The van der Waals surface area contributed by atoms with Gasteiger partial charge in [0, 0.05) is 48.6 Å². The Morgan fingerprint density at radius 2 is 1.87 bits per heavy atom. The van der Waals surface area contributed by atoms with Crippen LogP contribution in [0.1, 0.15) is 44.4 Å². The molecule has 1 amide bonds. The number of aryl methyl sites for hydroxylation is 1. The molecule has 204 valence electrons. The second-order valence-electron chi connectivity index (χ2n) is 11.0. The lowest BCUT2D eigenvalue weighted by molar-refractivity contribution is -0.138. The molecule has 0 radical (unpaired) electrons. The van der Waals surface area contributed by atoms with E-state index >= 15 is 0 Å². The molecule has 4 aliphatic rings. The van der Waals surface area contributed by atoms with Crippen LogP contribution in [0, 0.1) is 17.8 Å². The van der Waals surface area contributed by atoms with Crippen LogP contribution >= 0.6 is 0 Å². The molecule has 4 atom stereocenters. The highest BCUT2D eigenvalue weighted by Gasteiger charge is 2.53. The first-order chi connectivity index (χ1) is 18.8. The fourth-order valence-electron chi connectivity index (χ4n) is 6.35. The van der Waals surface area contributed by atoms with Gasteiger partial charge in [-0.05, 0) is 41.0 Å². The van der Waals surface area contributed by atoms with Crippen molar-refractivity contribution in [3.05, 3.63) is 76.4 Å². The Bertz CT molecular complexity index is 1430. The number of halogens is 3. The Morgan fingerprint density at radius 3 is 2.54 bits per heavy atom. The van der Waals surface area contributed by atoms with E-state index in [1.54, 1.807) is 18.5 Å². The van der Waals surface area contributed by atoms with Crippen molar-refractivity contribution in [2.24, 2.45) is 24.8 Å². The number of carbonyl (C=O) groups is 1. The molecule has 4 heterocycles. The lowest BCUT2D eigenvalue weighted by Gasteiger charge is -2.33. The van der Waals surface area contributed by atoms with E-state index in [0.29, 0.717) is 49.5 Å². The van der Waals surface area contributed by atoms with Gasteiger partial charge in [0.25, 0.3) is 5.91 Å². The second kappa shape index (κ2) is 9.14. The van der Waals surface area contributed by atoms with E-state index in [2.05, 4.69) is 15.5 Å². The average molecular weight is 540 g/mol. The van der Waals surface area contributed by atoms with Gasteiger partial charge in [-0.25, -0.2) is 0 Å². The third-order valence-corrected chi connectivity index (χ3v) is 8.60. The third kappa shape index (κ3) is 4.23. The Labute approximate surface area is 223 Å². The van der Waals surface area contributed by atoms with E-state index < -0.39 is 17.6 Å². The molecule has 1 unspecified atom stereocenters. The average Bonchev–Trinajstić information content (AvgIpc) is 3.26. The Hall–Kier alpha value is -3.28. The maximum absolute atomic E-state index is 14.2. The number of amides is 1. The number of nitrogens with one attached hydrogen (secondary N) is 1. The number of fused-ring (bicyclic) bond motifs is 2. The molecule has 7 rings (SSSR count). The SMILES string of the molecule is Cn1cnnc1[C@@H](c1cccc(N2Cc3c(cc(CNC4[C@H]5COC[C@@H]45)cc3C(F)(F)F)C2=O)c1)C1COC1. The molecule has 3 fully saturated rings. The zero-order valence-corrected chi connectivity index (χ0v) is 21.3. The number of carbonyl (C=O) groups excluding carboxylic acids is 1. The van der Waals surface area contributed by atoms with E-state index in [1.165, 1.54) is 11.0 Å². The number of alkyl halides is 3. The number of hydrogen-bond donors (Lipinski definition) is 1. The highest BCUT2D eigenvalue weighted by Crippen LogP contribution is 2.45. The molecule has 3 aromatic rings. The van der Waals surface area contributed by atoms with Crippen LogP contribution in [0.2, 0.25) is 0 Å². The third-order valence-electron chi connectivity index (χ3n) is 8.60. The Kier molecular flexibility index (Phi) is 5.80. The largest absolute Gasteiger partial charge is 0.416 e. The van der Waals surface area contributed by atoms with Crippen molar-refractivity contribution in [2.45, 2.75) is 31.2 Å². The molecule has 39 heavy (non-hydrogen) atoms. The van der Waals surface area contributed by atoms with Crippen LogP contribution in [0.15, 0.2) is 42.7 Å². The van der Waals surface area contributed by atoms with Gasteiger partial charge < -0.3 is 24.3 Å². The lowest BCUT2D eigenvalue weighted by atomic mass is 9.83. The predicted octanol–water partition coefficient (Wildman–Crippen LogP) is 3.51. The summed E-state index contributed by atoms with van der Waals surface area (Å²) >= 11 is 0. The molecule has 1 aliphatic carbocycles. The zero-order chi connectivity index (χ0) is 26.9. The van der Waals surface area contributed by atoms with Gasteiger partial charge in [0.2, 0.25) is 0 Å². The van der Waals surface area contributed by atoms with E-state index in [4.69, 9.17) is 9.47 Å². The molecule has 3 aliphatic heterocycles. The summed E-state index contributed by atoms with van der Waals surface area (Å²) in [6, 6.07) is 10.5. The highest BCUT2D eigenvalue weighted by molar-refractivity contribution is 6.10. The van der Waals surface area contributed by atoms with Crippen LogP contribution in [0.5, 0.6) is 0 Å². The number of ether oxygens (including phenoxy) is 2. The van der Waals surface area contributed by atoms with Gasteiger partial charge in [-0.2, -0.15) is 13.2 Å². The first-order valence-corrected chi connectivity index (χ1v) is 13.2. The van der Waals surface area contributed by atoms with E-state index in [1.807, 2.05) is 29.8 Å². The molecule has 1 N–H and O–H groups in total. The van der Waals surface area contributed by atoms with Gasteiger partial charge in [0.1, 0.15) is 12.2 Å². The van der Waals surface area contributed by atoms with Gasteiger partial charge in [0.15, 0.2) is 0 Å². The van der Waals surface area contributed by atoms with Crippen LogP contribution in [0.3, 0.4) is 0 Å². The standard InChI is InChI=1S/C28H28F3N5O3/c1-35-14-33-34-26(35)24(17-10-38-11-17)16-3-2-4-18(7-16)36-9-20-19(27(36)37)5-15(6-23(20)28(29,30)31)8-32-25-21-12-39-13-22(21)25/h2-7,14,17,21-22,24-25,32H,8-13H2,1H3/t21-,22+,24-,25?/m0/s1. The van der Waals surface area contributed by atoms with Gasteiger partial charge in [-0.3, -0.25) is 4.79 Å². The minimum atomic E-state index is -4.57. The fourth-order valence-corrected chi connectivity index (χ4v) is 6.35. The molecule has 1 aromatic heterocycles. The van der Waals surface area contributed by atoms with Gasteiger partial charge in [0.05, 0.1) is 44.5 Å². The van der Waals surface area contributed by atoms with E-state index in [9.17, 15) is 18.0 Å². The lowest BCUT2D eigenvalue weighted by Crippen LogP contribution is -2.35. The van der Waals surface area contributed by atoms with Crippen molar-refractivity contribution < 1.29 is 27.4 Å². The molecule has 11 heteroatoms. The van der Waals surface area contributed by atoms with E-state index in [-0.39, 0.29) is 42.1 Å². The maximum atomic E-state index is 14.2. The first kappa shape index (κ1) is 24.7. The smallest absolute Gasteiger partial charge is 0.381 e. The summed E-state index contributed by atoms with van der Waals surface area (Å²) in [6.07, 6.45) is -2.93. The number of nitrogens with zero attached hydrogens (tertiary/aromatic N) is 4. The topological polar surface area (TPSA) is 81.5 Å². The van der Waals surface area contributed by atoms with E-state index in [0.717, 1.165) is 11.4 Å². The normalized spacial score (nSPS) is 25.0. The molecule has 8 nitrogen and oxygen atoms in total. The number of benzene rings is 2. The quantitative estimate of drug-likeness (QED) is 0.495. The molecular weight excluding hydrogens is 511 g/mol. The predicted molar refractivity (Wildman–Crippen MR) is 134 cm³/mol. The summed E-state index contributed by atoms with van der Waals surface area (Å²) in [4.78, 5) is 15.0. The van der Waals surface area contributed by atoms with Gasteiger partial charge in [-0.15, -0.1) is 10.2 Å². The van der Waals surface area contributed by atoms with Crippen molar-refractivity contribution in [2.75, 3.05) is 31.3 Å². The minimum absolute atomic E-state index is 0.0237. The first-order valence-electron chi connectivity index (χ1n) is 13.2. The van der Waals surface area contributed by atoms with Crippen molar-refractivity contribution in [3.8, 4) is 0 Å². The van der Waals surface area contributed by atoms with Crippen molar-refractivity contribution in [1.29, 1.82) is 0 Å². The van der Waals surface area contributed by atoms with Gasteiger partial charge >= 0.3 is 6.18 Å². The summed E-state index contributed by atoms with van der Waals surface area (Å²) in [5.74, 6) is 1.30. The number of hydrogen-bond acceptors (Lipinski definition) is 6. The number of anilines is 1. The van der Waals surface area contributed by atoms with Crippen molar-refractivity contribution in [1.82, 2.24) is 20.1 Å². The van der Waals surface area contributed by atoms with Crippen LogP contribution < -0.4 is 10.2 Å². The highest BCUT2D eigenvalue weighted by atomic mass is 19.4. The van der Waals surface area contributed by atoms with Crippen LogP contribution in [0.4, 0.5) is 18.9 Å². The summed E-state index contributed by atoms with van der Waals surface area (Å²) in [7, 11) is 1.88. The molecule has 2 aromatic carbocycles. The van der Waals surface area contributed by atoms with Crippen molar-refractivity contribution in [3.63, 3.8) is 0 Å². The summed E-state index contributed by atoms with van der Waals surface area (Å²) in [5, 5.41) is 11.7. The second-order valence-corrected chi connectivity index (χ2v) is 11.0. The number of aromatic nitrogens is 3. The van der Waals surface area contributed by atoms with Crippen molar-refractivity contribution >= 4 is 11.6 Å². The molecule has 0 spiro atoms. The molecule has 0 bridgehead atoms. The van der Waals surface area contributed by atoms with Crippen LogP contribution in [-0.4, -0.2) is 53.1 Å². The molecule has 1 saturated carbocycles. The summed E-state index contributed by atoms with van der Waals surface area (Å²) in [6.45, 7) is 2.69. The molecular formula is C28H28F3N5O3. The monoisotopic (exact) mass is 539 g/mol. The number of rotatable bonds is 7. The maximum Gasteiger partial charge on any atom is 0.416 e. The van der Waals surface area contributed by atoms with Gasteiger partial charge in [-0.1, -0.05) is 12.1 Å².